The quantitative estimate of drug-likeness (QED) is 0.253. The van der Waals surface area contributed by atoms with Crippen molar-refractivity contribution in [1.29, 1.82) is 0 Å². The lowest BCUT2D eigenvalue weighted by molar-refractivity contribution is 0.0728. The van der Waals surface area contributed by atoms with Crippen LogP contribution in [0, 0.1) is 0 Å². The monoisotopic (exact) mass is 444 g/mol. The summed E-state index contributed by atoms with van der Waals surface area (Å²) in [6.45, 7) is 0. The standard InChI is InChI=1S/C28H16N2O4/c31-25-17-9-1-5-13-21(17)29(22-14-6-2-10-18(22)25)27(33)28(34)30-23-15-7-3-11-19(23)26(32)20-12-4-8-16-24(20)30/h1-16H. The number of hydrogen-bond acceptors (Lipinski definition) is 4. The number of hydrogen-bond donors (Lipinski definition) is 0. The Kier molecular flexibility index (Phi) is 4.28. The van der Waals surface area contributed by atoms with Crippen molar-refractivity contribution in [3.05, 3.63) is 118 Å². The molecule has 6 nitrogen and oxygen atoms in total. The van der Waals surface area contributed by atoms with Crippen LogP contribution in [0.1, 0.15) is 9.59 Å². The zero-order chi connectivity index (χ0) is 23.4. The summed E-state index contributed by atoms with van der Waals surface area (Å²) in [7, 11) is 0. The van der Waals surface area contributed by atoms with Crippen LogP contribution >= 0.6 is 0 Å². The van der Waals surface area contributed by atoms with Gasteiger partial charge in [0.05, 0.1) is 22.1 Å². The first-order valence-corrected chi connectivity index (χ1v) is 10.7. The number of carbonyl (C=O) groups excluding carboxylic acids is 2. The molecule has 0 aliphatic carbocycles. The third-order valence-electron chi connectivity index (χ3n) is 6.15. The van der Waals surface area contributed by atoms with Crippen molar-refractivity contribution >= 4 is 55.4 Å². The number of benzene rings is 4. The van der Waals surface area contributed by atoms with Crippen LogP contribution in [0.25, 0.3) is 43.6 Å². The van der Waals surface area contributed by atoms with Gasteiger partial charge >= 0.3 is 11.8 Å². The van der Waals surface area contributed by atoms with Gasteiger partial charge in [0.25, 0.3) is 0 Å². The average molecular weight is 444 g/mol. The Morgan fingerprint density at radius 3 is 0.912 bits per heavy atom. The molecule has 6 aromatic rings. The molecule has 162 valence electrons. The van der Waals surface area contributed by atoms with E-state index in [0.717, 1.165) is 0 Å². The molecule has 0 fully saturated rings. The van der Waals surface area contributed by atoms with Crippen LogP contribution in [0.2, 0.25) is 0 Å². The lowest BCUT2D eigenvalue weighted by Crippen LogP contribution is -2.30. The number of rotatable bonds is 0. The normalized spacial score (nSPS) is 11.4. The molecular weight excluding hydrogens is 428 g/mol. The molecule has 0 atom stereocenters. The molecule has 6 rings (SSSR count). The van der Waals surface area contributed by atoms with Gasteiger partial charge in [0.15, 0.2) is 10.9 Å². The molecule has 34 heavy (non-hydrogen) atoms. The van der Waals surface area contributed by atoms with Gasteiger partial charge in [-0.15, -0.1) is 0 Å². The van der Waals surface area contributed by atoms with E-state index in [0.29, 0.717) is 43.6 Å². The van der Waals surface area contributed by atoms with Gasteiger partial charge in [-0.05, 0) is 48.5 Å². The van der Waals surface area contributed by atoms with E-state index in [1.165, 1.54) is 9.13 Å². The highest BCUT2D eigenvalue weighted by atomic mass is 16.2. The van der Waals surface area contributed by atoms with Crippen LogP contribution in [-0.4, -0.2) is 20.9 Å². The van der Waals surface area contributed by atoms with Gasteiger partial charge < -0.3 is 0 Å². The molecular formula is C28H16N2O4. The molecule has 0 amide bonds. The Labute approximate surface area is 191 Å². The number of para-hydroxylation sites is 4. The Morgan fingerprint density at radius 2 is 0.647 bits per heavy atom. The predicted molar refractivity (Wildman–Crippen MR) is 133 cm³/mol. The van der Waals surface area contributed by atoms with Gasteiger partial charge in [0, 0.05) is 21.5 Å². The van der Waals surface area contributed by atoms with Crippen molar-refractivity contribution in [3.8, 4) is 0 Å². The third-order valence-corrected chi connectivity index (χ3v) is 6.15. The minimum atomic E-state index is -0.827. The topological polar surface area (TPSA) is 78.1 Å². The van der Waals surface area contributed by atoms with Crippen molar-refractivity contribution in [3.63, 3.8) is 0 Å². The molecule has 0 spiro atoms. The number of pyridine rings is 2. The maximum Gasteiger partial charge on any atom is 0.321 e. The van der Waals surface area contributed by atoms with Gasteiger partial charge in [0.2, 0.25) is 0 Å². The molecule has 0 saturated heterocycles. The van der Waals surface area contributed by atoms with E-state index >= 15 is 0 Å². The van der Waals surface area contributed by atoms with Crippen LogP contribution in [0.4, 0.5) is 0 Å². The minimum absolute atomic E-state index is 0.207. The minimum Gasteiger partial charge on any atom is -0.288 e. The highest BCUT2D eigenvalue weighted by Gasteiger charge is 2.25. The maximum absolute atomic E-state index is 13.9. The Balaban J connectivity index is 1.72. The summed E-state index contributed by atoms with van der Waals surface area (Å²) in [5.74, 6) is -1.65. The summed E-state index contributed by atoms with van der Waals surface area (Å²) in [5, 5.41) is 1.38. The van der Waals surface area contributed by atoms with E-state index in [9.17, 15) is 19.2 Å². The molecule has 2 aromatic heterocycles. The number of aromatic nitrogens is 2. The first-order valence-electron chi connectivity index (χ1n) is 10.7. The number of carbonyl (C=O) groups is 2. The van der Waals surface area contributed by atoms with Crippen LogP contribution in [-0.2, 0) is 0 Å². The molecule has 2 heterocycles. The fraction of sp³-hybridized carbons (Fsp3) is 0. The Morgan fingerprint density at radius 1 is 0.412 bits per heavy atom. The fourth-order valence-electron chi connectivity index (χ4n) is 4.62. The van der Waals surface area contributed by atoms with Gasteiger partial charge in [0.1, 0.15) is 0 Å². The second-order valence-corrected chi connectivity index (χ2v) is 8.01. The molecule has 0 bridgehead atoms. The average Bonchev–Trinajstić information content (AvgIpc) is 2.89. The summed E-state index contributed by atoms with van der Waals surface area (Å²) < 4.78 is 2.58. The molecule has 4 aromatic carbocycles. The third kappa shape index (κ3) is 2.69. The van der Waals surface area contributed by atoms with Gasteiger partial charge in [-0.3, -0.25) is 28.3 Å². The maximum atomic E-state index is 13.9. The Bertz CT molecular complexity index is 1680. The first-order chi connectivity index (χ1) is 16.6. The summed E-state index contributed by atoms with van der Waals surface area (Å²) in [6, 6.07) is 26.9. The highest BCUT2D eigenvalue weighted by molar-refractivity contribution is 6.41. The SMILES string of the molecule is O=C(C(=O)n1c2ccccc2c(=O)c2ccccc21)n1c2ccccc2c(=O)c2ccccc21. The van der Waals surface area contributed by atoms with Gasteiger partial charge in [-0.25, -0.2) is 0 Å². The van der Waals surface area contributed by atoms with E-state index in [2.05, 4.69) is 0 Å². The number of fused-ring (bicyclic) bond motifs is 4. The molecule has 0 unspecified atom stereocenters. The Hall–Kier alpha value is -4.84. The molecule has 0 aliphatic rings. The molecule has 0 aliphatic heterocycles. The van der Waals surface area contributed by atoms with Crippen molar-refractivity contribution < 1.29 is 9.59 Å². The lowest BCUT2D eigenvalue weighted by atomic mass is 10.1. The molecule has 0 radical (unpaired) electrons. The van der Waals surface area contributed by atoms with Crippen LogP contribution in [0.15, 0.2) is 107 Å². The van der Waals surface area contributed by atoms with Crippen molar-refractivity contribution in [1.82, 2.24) is 9.13 Å². The van der Waals surface area contributed by atoms with E-state index in [-0.39, 0.29) is 10.9 Å². The van der Waals surface area contributed by atoms with E-state index < -0.39 is 11.8 Å². The predicted octanol–water partition coefficient (Wildman–Crippen LogP) is 4.60. The van der Waals surface area contributed by atoms with E-state index in [4.69, 9.17) is 0 Å². The van der Waals surface area contributed by atoms with Gasteiger partial charge in [-0.1, -0.05) is 48.5 Å². The molecule has 0 saturated carbocycles. The van der Waals surface area contributed by atoms with Crippen molar-refractivity contribution in [2.45, 2.75) is 0 Å². The van der Waals surface area contributed by atoms with Crippen LogP contribution < -0.4 is 10.9 Å². The molecule has 0 N–H and O–H groups in total. The first kappa shape index (κ1) is 19.8. The second-order valence-electron chi connectivity index (χ2n) is 8.01. The second kappa shape index (κ2) is 7.35. The summed E-state index contributed by atoms with van der Waals surface area (Å²) in [6.07, 6.45) is 0. The van der Waals surface area contributed by atoms with E-state index in [1.807, 2.05) is 0 Å². The summed E-state index contributed by atoms with van der Waals surface area (Å²) in [5.41, 5.74) is 0.973. The van der Waals surface area contributed by atoms with Crippen LogP contribution in [0.5, 0.6) is 0 Å². The largest absolute Gasteiger partial charge is 0.321 e. The fourth-order valence-corrected chi connectivity index (χ4v) is 4.62. The zero-order valence-corrected chi connectivity index (χ0v) is 17.8. The smallest absolute Gasteiger partial charge is 0.288 e. The van der Waals surface area contributed by atoms with Crippen molar-refractivity contribution in [2.24, 2.45) is 0 Å². The lowest BCUT2D eigenvalue weighted by Gasteiger charge is -2.16. The van der Waals surface area contributed by atoms with E-state index in [1.54, 1.807) is 97.1 Å². The molecule has 6 heteroatoms. The van der Waals surface area contributed by atoms with Crippen molar-refractivity contribution in [2.75, 3.05) is 0 Å². The van der Waals surface area contributed by atoms with Crippen LogP contribution in [0.3, 0.4) is 0 Å². The summed E-state index contributed by atoms with van der Waals surface area (Å²) >= 11 is 0. The highest BCUT2D eigenvalue weighted by Crippen LogP contribution is 2.22. The summed E-state index contributed by atoms with van der Waals surface area (Å²) in [4.78, 5) is 53.8. The number of nitrogens with zero attached hydrogens (tertiary/aromatic N) is 2. The zero-order valence-electron chi connectivity index (χ0n) is 17.8. The van der Waals surface area contributed by atoms with Gasteiger partial charge in [-0.2, -0.15) is 0 Å².